The fourth-order valence-corrected chi connectivity index (χ4v) is 2.53. The zero-order valence-electron chi connectivity index (χ0n) is 12.6. The third kappa shape index (κ3) is 3.55. The van der Waals surface area contributed by atoms with Gasteiger partial charge in [0.1, 0.15) is 5.82 Å². The minimum atomic E-state index is 0.337. The Morgan fingerprint density at radius 2 is 2.14 bits per heavy atom. The van der Waals surface area contributed by atoms with E-state index in [9.17, 15) is 0 Å². The van der Waals surface area contributed by atoms with Gasteiger partial charge in [0.2, 0.25) is 6.79 Å². The highest BCUT2D eigenvalue weighted by atomic mass is 16.7. The number of benzene rings is 1. The van der Waals surface area contributed by atoms with Gasteiger partial charge >= 0.3 is 0 Å². The van der Waals surface area contributed by atoms with Crippen molar-refractivity contribution in [3.05, 3.63) is 41.5 Å². The smallest absolute Gasteiger partial charge is 0.231 e. The number of ether oxygens (including phenoxy) is 2. The molecule has 0 amide bonds. The topological polar surface area (TPSA) is 50.4 Å². The SMILES string of the molecule is Cc1cnc(CN(C)CCCc2ccc3c(c2)OCO3)[nH]1. The van der Waals surface area contributed by atoms with Crippen molar-refractivity contribution in [1.82, 2.24) is 14.9 Å². The third-order valence-electron chi connectivity index (χ3n) is 3.62. The number of imidazole rings is 1. The average molecular weight is 287 g/mol. The van der Waals surface area contributed by atoms with E-state index >= 15 is 0 Å². The molecule has 2 heterocycles. The zero-order chi connectivity index (χ0) is 14.7. The molecule has 1 aromatic heterocycles. The number of hydrogen-bond acceptors (Lipinski definition) is 4. The fraction of sp³-hybridized carbons (Fsp3) is 0.438. The molecular formula is C16H21N3O2. The quantitative estimate of drug-likeness (QED) is 0.887. The molecule has 3 rings (SSSR count). The highest BCUT2D eigenvalue weighted by Gasteiger charge is 2.13. The number of fused-ring (bicyclic) bond motifs is 1. The number of nitrogens with zero attached hydrogens (tertiary/aromatic N) is 2. The first kappa shape index (κ1) is 13.9. The number of rotatable bonds is 6. The number of aromatic amines is 1. The van der Waals surface area contributed by atoms with Crippen LogP contribution < -0.4 is 9.47 Å². The summed E-state index contributed by atoms with van der Waals surface area (Å²) < 4.78 is 10.7. The van der Waals surface area contributed by atoms with Crippen LogP contribution >= 0.6 is 0 Å². The Balaban J connectivity index is 1.45. The second-order valence-corrected chi connectivity index (χ2v) is 5.54. The molecule has 0 unspecified atom stereocenters. The van der Waals surface area contributed by atoms with E-state index in [0.29, 0.717) is 6.79 Å². The van der Waals surface area contributed by atoms with Crippen LogP contribution in [0.25, 0.3) is 0 Å². The van der Waals surface area contributed by atoms with Gasteiger partial charge in [-0.15, -0.1) is 0 Å². The Kier molecular flexibility index (Phi) is 4.10. The summed E-state index contributed by atoms with van der Waals surface area (Å²) in [6, 6.07) is 6.19. The molecule has 1 N–H and O–H groups in total. The van der Waals surface area contributed by atoms with Crippen LogP contribution in [0.3, 0.4) is 0 Å². The van der Waals surface area contributed by atoms with Crippen LogP contribution in [0.4, 0.5) is 0 Å². The maximum absolute atomic E-state index is 5.40. The Labute approximate surface area is 124 Å². The molecule has 1 aliphatic heterocycles. The predicted molar refractivity (Wildman–Crippen MR) is 80.5 cm³/mol. The van der Waals surface area contributed by atoms with Crippen LogP contribution in [-0.4, -0.2) is 35.3 Å². The molecule has 1 aliphatic rings. The molecule has 2 aromatic rings. The second kappa shape index (κ2) is 6.18. The summed E-state index contributed by atoms with van der Waals surface area (Å²) >= 11 is 0. The zero-order valence-corrected chi connectivity index (χ0v) is 12.6. The predicted octanol–water partition coefficient (Wildman–Crippen LogP) is 2.51. The molecule has 0 spiro atoms. The lowest BCUT2D eigenvalue weighted by Gasteiger charge is -2.15. The third-order valence-corrected chi connectivity index (χ3v) is 3.62. The lowest BCUT2D eigenvalue weighted by Crippen LogP contribution is -2.20. The van der Waals surface area contributed by atoms with Crippen LogP contribution in [0.5, 0.6) is 11.5 Å². The van der Waals surface area contributed by atoms with E-state index in [4.69, 9.17) is 9.47 Å². The molecule has 1 aromatic carbocycles. The largest absolute Gasteiger partial charge is 0.454 e. The summed E-state index contributed by atoms with van der Waals surface area (Å²) in [5, 5.41) is 0. The Morgan fingerprint density at radius 3 is 2.95 bits per heavy atom. The monoisotopic (exact) mass is 287 g/mol. The molecular weight excluding hydrogens is 266 g/mol. The maximum Gasteiger partial charge on any atom is 0.231 e. The van der Waals surface area contributed by atoms with E-state index in [1.165, 1.54) is 5.56 Å². The van der Waals surface area contributed by atoms with Gasteiger partial charge in [-0.2, -0.15) is 0 Å². The van der Waals surface area contributed by atoms with Crippen molar-refractivity contribution in [2.45, 2.75) is 26.3 Å². The van der Waals surface area contributed by atoms with Crippen molar-refractivity contribution in [3.8, 4) is 11.5 Å². The minimum Gasteiger partial charge on any atom is -0.454 e. The van der Waals surface area contributed by atoms with Crippen LogP contribution in [0.1, 0.15) is 23.5 Å². The van der Waals surface area contributed by atoms with E-state index < -0.39 is 0 Å². The van der Waals surface area contributed by atoms with E-state index in [-0.39, 0.29) is 0 Å². The molecule has 0 radical (unpaired) electrons. The van der Waals surface area contributed by atoms with Gasteiger partial charge in [-0.1, -0.05) is 6.07 Å². The molecule has 21 heavy (non-hydrogen) atoms. The normalized spacial score (nSPS) is 13.1. The summed E-state index contributed by atoms with van der Waals surface area (Å²) in [7, 11) is 2.12. The fourth-order valence-electron chi connectivity index (χ4n) is 2.53. The van der Waals surface area contributed by atoms with Gasteiger partial charge in [0.25, 0.3) is 0 Å². The lowest BCUT2D eigenvalue weighted by atomic mass is 10.1. The van der Waals surface area contributed by atoms with Crippen molar-refractivity contribution in [3.63, 3.8) is 0 Å². The van der Waals surface area contributed by atoms with Gasteiger partial charge in [0, 0.05) is 11.9 Å². The van der Waals surface area contributed by atoms with Gasteiger partial charge < -0.3 is 14.5 Å². The van der Waals surface area contributed by atoms with Gasteiger partial charge in [-0.05, 0) is 51.1 Å². The average Bonchev–Trinajstić information content (AvgIpc) is 3.07. The van der Waals surface area contributed by atoms with E-state index in [1.54, 1.807) is 0 Å². The van der Waals surface area contributed by atoms with Crippen LogP contribution in [0, 0.1) is 6.92 Å². The van der Waals surface area contributed by atoms with E-state index in [1.807, 2.05) is 19.2 Å². The first-order valence-corrected chi connectivity index (χ1v) is 7.28. The Morgan fingerprint density at radius 1 is 1.29 bits per heavy atom. The highest BCUT2D eigenvalue weighted by Crippen LogP contribution is 2.32. The van der Waals surface area contributed by atoms with Crippen LogP contribution in [0.15, 0.2) is 24.4 Å². The van der Waals surface area contributed by atoms with Crippen molar-refractivity contribution in [2.24, 2.45) is 0 Å². The standard InChI is InChI=1S/C16H21N3O2/c1-12-9-17-16(18-12)10-19(2)7-3-4-13-5-6-14-15(8-13)21-11-20-14/h5-6,8-9H,3-4,7,10-11H2,1-2H3,(H,17,18). The molecule has 0 saturated carbocycles. The molecule has 0 fully saturated rings. The molecule has 0 aliphatic carbocycles. The lowest BCUT2D eigenvalue weighted by molar-refractivity contribution is 0.174. The summed E-state index contributed by atoms with van der Waals surface area (Å²) in [4.78, 5) is 9.88. The van der Waals surface area contributed by atoms with Crippen LogP contribution in [-0.2, 0) is 13.0 Å². The Hall–Kier alpha value is -2.01. The van der Waals surface area contributed by atoms with Crippen LogP contribution in [0.2, 0.25) is 0 Å². The van der Waals surface area contributed by atoms with Gasteiger partial charge in [0.05, 0.1) is 6.54 Å². The second-order valence-electron chi connectivity index (χ2n) is 5.54. The first-order valence-electron chi connectivity index (χ1n) is 7.28. The molecule has 5 nitrogen and oxygen atoms in total. The molecule has 0 bridgehead atoms. The van der Waals surface area contributed by atoms with Crippen molar-refractivity contribution in [1.29, 1.82) is 0 Å². The summed E-state index contributed by atoms with van der Waals surface area (Å²) in [5.41, 5.74) is 2.40. The first-order chi connectivity index (χ1) is 10.2. The molecule has 112 valence electrons. The molecule has 0 atom stereocenters. The van der Waals surface area contributed by atoms with E-state index in [0.717, 1.165) is 48.9 Å². The van der Waals surface area contributed by atoms with Crippen molar-refractivity contribution >= 4 is 0 Å². The summed E-state index contributed by atoms with van der Waals surface area (Å²) in [6.45, 7) is 4.25. The number of hydrogen-bond donors (Lipinski definition) is 1. The van der Waals surface area contributed by atoms with E-state index in [2.05, 4.69) is 34.0 Å². The van der Waals surface area contributed by atoms with Gasteiger partial charge in [0.15, 0.2) is 11.5 Å². The number of H-pyrrole nitrogens is 1. The minimum absolute atomic E-state index is 0.337. The molecule has 5 heteroatoms. The maximum atomic E-state index is 5.40. The van der Waals surface area contributed by atoms with Crippen molar-refractivity contribution < 1.29 is 9.47 Å². The summed E-state index contributed by atoms with van der Waals surface area (Å²) in [5.74, 6) is 2.74. The van der Waals surface area contributed by atoms with Gasteiger partial charge in [-0.25, -0.2) is 4.98 Å². The number of aryl methyl sites for hydroxylation is 2. The van der Waals surface area contributed by atoms with Crippen molar-refractivity contribution in [2.75, 3.05) is 20.4 Å². The highest BCUT2D eigenvalue weighted by molar-refractivity contribution is 5.44. The Bertz CT molecular complexity index is 609. The van der Waals surface area contributed by atoms with Gasteiger partial charge in [-0.3, -0.25) is 4.90 Å². The molecule has 0 saturated heterocycles. The number of nitrogens with one attached hydrogen (secondary N) is 1. The number of aromatic nitrogens is 2. The summed E-state index contributed by atoms with van der Waals surface area (Å²) in [6.07, 6.45) is 4.02.